The molecule has 1 aromatic heterocycles. The van der Waals surface area contributed by atoms with E-state index in [9.17, 15) is 13.6 Å². The molecule has 1 N–H and O–H groups in total. The fraction of sp³-hybridized carbons (Fsp3) is 0.118. The van der Waals surface area contributed by atoms with Gasteiger partial charge in [-0.25, -0.2) is 18.4 Å². The summed E-state index contributed by atoms with van der Waals surface area (Å²) in [5.74, 6) is -2.50. The van der Waals surface area contributed by atoms with Crippen molar-refractivity contribution in [2.45, 2.75) is 13.8 Å². The van der Waals surface area contributed by atoms with Crippen LogP contribution in [0.25, 0.3) is 5.69 Å². The average Bonchev–Trinajstić information content (AvgIpc) is 3.03. The number of carbonyl (C=O) groups excluding carboxylic acids is 1. The van der Waals surface area contributed by atoms with Crippen molar-refractivity contribution in [2.24, 2.45) is 0 Å². The summed E-state index contributed by atoms with van der Waals surface area (Å²) in [7, 11) is 0. The monoisotopic (exact) mass is 328 g/mol. The maximum absolute atomic E-state index is 13.3. The van der Waals surface area contributed by atoms with Gasteiger partial charge in [-0.3, -0.25) is 4.79 Å². The number of hydrogen-bond donors (Lipinski definition) is 1. The molecule has 1 amide bonds. The van der Waals surface area contributed by atoms with Crippen LogP contribution in [0.3, 0.4) is 0 Å². The van der Waals surface area contributed by atoms with Crippen LogP contribution in [0.5, 0.6) is 0 Å². The van der Waals surface area contributed by atoms with E-state index < -0.39 is 17.5 Å². The van der Waals surface area contributed by atoms with Gasteiger partial charge in [-0.05, 0) is 37.6 Å². The maximum Gasteiger partial charge on any atom is 0.295 e. The Hall–Kier alpha value is -3.09. The van der Waals surface area contributed by atoms with Crippen LogP contribution in [0.15, 0.2) is 42.7 Å². The zero-order valence-electron chi connectivity index (χ0n) is 13.0. The summed E-state index contributed by atoms with van der Waals surface area (Å²) in [5.41, 5.74) is 2.94. The van der Waals surface area contributed by atoms with Crippen molar-refractivity contribution in [3.05, 3.63) is 71.3 Å². The van der Waals surface area contributed by atoms with E-state index in [0.29, 0.717) is 5.69 Å². The third-order valence-corrected chi connectivity index (χ3v) is 3.49. The van der Waals surface area contributed by atoms with Crippen molar-refractivity contribution in [1.29, 1.82) is 0 Å². The predicted octanol–water partition coefficient (Wildman–Crippen LogP) is 3.41. The molecule has 0 radical (unpaired) electrons. The Bertz CT molecular complexity index is 921. The second-order valence-electron chi connectivity index (χ2n) is 5.38. The molecule has 0 aliphatic heterocycles. The lowest BCUT2D eigenvalue weighted by Crippen LogP contribution is -2.15. The van der Waals surface area contributed by atoms with Gasteiger partial charge >= 0.3 is 0 Å². The number of carbonyl (C=O) groups is 1. The van der Waals surface area contributed by atoms with Gasteiger partial charge in [0.2, 0.25) is 5.82 Å². The SMILES string of the molecule is Cc1ccc(NC(=O)c2ncn(-c3ccc(F)c(F)c3)n2)c(C)c1. The normalized spacial score (nSPS) is 10.7. The molecule has 3 rings (SSSR count). The molecule has 24 heavy (non-hydrogen) atoms. The van der Waals surface area contributed by atoms with Crippen molar-refractivity contribution in [2.75, 3.05) is 5.32 Å². The Morgan fingerprint density at radius 2 is 1.88 bits per heavy atom. The number of rotatable bonds is 3. The van der Waals surface area contributed by atoms with Crippen molar-refractivity contribution in [3.8, 4) is 5.69 Å². The van der Waals surface area contributed by atoms with Gasteiger partial charge in [0.25, 0.3) is 5.91 Å². The molecule has 5 nitrogen and oxygen atoms in total. The van der Waals surface area contributed by atoms with Crippen LogP contribution in [0.4, 0.5) is 14.5 Å². The Morgan fingerprint density at radius 3 is 2.58 bits per heavy atom. The van der Waals surface area contributed by atoms with E-state index in [2.05, 4.69) is 15.4 Å². The summed E-state index contributed by atoms with van der Waals surface area (Å²) in [6, 6.07) is 8.95. The highest BCUT2D eigenvalue weighted by atomic mass is 19.2. The number of halogens is 2. The predicted molar refractivity (Wildman–Crippen MR) is 85.1 cm³/mol. The van der Waals surface area contributed by atoms with Crippen LogP contribution in [0, 0.1) is 25.5 Å². The summed E-state index contributed by atoms with van der Waals surface area (Å²) >= 11 is 0. The van der Waals surface area contributed by atoms with Crippen LogP contribution in [-0.2, 0) is 0 Å². The second kappa shape index (κ2) is 6.19. The molecule has 0 fully saturated rings. The van der Waals surface area contributed by atoms with Crippen molar-refractivity contribution in [3.63, 3.8) is 0 Å². The molecule has 2 aromatic carbocycles. The summed E-state index contributed by atoms with van der Waals surface area (Å²) in [6.45, 7) is 3.85. The van der Waals surface area contributed by atoms with Crippen LogP contribution >= 0.6 is 0 Å². The molecular formula is C17H14F2N4O. The smallest absolute Gasteiger partial charge is 0.295 e. The highest BCUT2D eigenvalue weighted by molar-refractivity contribution is 6.01. The first-order chi connectivity index (χ1) is 11.4. The van der Waals surface area contributed by atoms with Crippen LogP contribution in [0.2, 0.25) is 0 Å². The van der Waals surface area contributed by atoms with E-state index in [1.54, 1.807) is 6.07 Å². The van der Waals surface area contributed by atoms with Gasteiger partial charge in [0.1, 0.15) is 6.33 Å². The second-order valence-corrected chi connectivity index (χ2v) is 5.38. The molecule has 7 heteroatoms. The lowest BCUT2D eigenvalue weighted by molar-refractivity contribution is 0.101. The molecular weight excluding hydrogens is 314 g/mol. The first-order valence-electron chi connectivity index (χ1n) is 7.20. The number of aromatic nitrogens is 3. The Balaban J connectivity index is 1.82. The number of benzene rings is 2. The molecule has 1 heterocycles. The third-order valence-electron chi connectivity index (χ3n) is 3.49. The highest BCUT2D eigenvalue weighted by Crippen LogP contribution is 2.17. The fourth-order valence-electron chi connectivity index (χ4n) is 2.25. The average molecular weight is 328 g/mol. The van der Waals surface area contributed by atoms with E-state index in [1.807, 2.05) is 26.0 Å². The zero-order chi connectivity index (χ0) is 17.3. The van der Waals surface area contributed by atoms with Gasteiger partial charge in [0, 0.05) is 11.8 Å². The van der Waals surface area contributed by atoms with Crippen LogP contribution in [0.1, 0.15) is 21.7 Å². The number of anilines is 1. The molecule has 0 unspecified atom stereocenters. The van der Waals surface area contributed by atoms with Gasteiger partial charge in [0.05, 0.1) is 5.69 Å². The number of amides is 1. The first kappa shape index (κ1) is 15.8. The zero-order valence-corrected chi connectivity index (χ0v) is 13.0. The third kappa shape index (κ3) is 3.15. The number of aryl methyl sites for hydroxylation is 2. The van der Waals surface area contributed by atoms with Gasteiger partial charge < -0.3 is 5.32 Å². The Morgan fingerprint density at radius 1 is 1.08 bits per heavy atom. The topological polar surface area (TPSA) is 59.8 Å². The van der Waals surface area contributed by atoms with Crippen molar-refractivity contribution < 1.29 is 13.6 Å². The highest BCUT2D eigenvalue weighted by Gasteiger charge is 2.14. The molecule has 0 aliphatic rings. The number of hydrogen-bond acceptors (Lipinski definition) is 3. The van der Waals surface area contributed by atoms with E-state index >= 15 is 0 Å². The van der Waals surface area contributed by atoms with E-state index in [4.69, 9.17) is 0 Å². The van der Waals surface area contributed by atoms with Gasteiger partial charge in [0.15, 0.2) is 11.6 Å². The molecule has 0 bridgehead atoms. The quantitative estimate of drug-likeness (QED) is 0.801. The van der Waals surface area contributed by atoms with Gasteiger partial charge in [-0.2, -0.15) is 0 Å². The lowest BCUT2D eigenvalue weighted by atomic mass is 10.1. The minimum atomic E-state index is -0.996. The van der Waals surface area contributed by atoms with Gasteiger partial charge in [-0.1, -0.05) is 17.7 Å². The van der Waals surface area contributed by atoms with Gasteiger partial charge in [-0.15, -0.1) is 5.10 Å². The minimum absolute atomic E-state index is 0.0697. The lowest BCUT2D eigenvalue weighted by Gasteiger charge is -2.07. The van der Waals surface area contributed by atoms with Crippen LogP contribution in [-0.4, -0.2) is 20.7 Å². The molecule has 0 saturated carbocycles. The van der Waals surface area contributed by atoms with E-state index in [1.165, 1.54) is 17.1 Å². The first-order valence-corrected chi connectivity index (χ1v) is 7.20. The molecule has 0 spiro atoms. The summed E-state index contributed by atoms with van der Waals surface area (Å²) in [4.78, 5) is 16.1. The summed E-state index contributed by atoms with van der Waals surface area (Å²) < 4.78 is 27.5. The van der Waals surface area contributed by atoms with Crippen molar-refractivity contribution in [1.82, 2.24) is 14.8 Å². The van der Waals surface area contributed by atoms with E-state index in [0.717, 1.165) is 23.3 Å². The molecule has 3 aromatic rings. The Kier molecular flexibility index (Phi) is 4.07. The molecule has 0 saturated heterocycles. The van der Waals surface area contributed by atoms with Crippen molar-refractivity contribution >= 4 is 11.6 Å². The fourth-order valence-corrected chi connectivity index (χ4v) is 2.25. The Labute approximate surface area is 137 Å². The molecule has 0 aliphatic carbocycles. The standard InChI is InChI=1S/C17H14F2N4O/c1-10-3-6-15(11(2)7-10)21-17(24)16-20-9-23(22-16)12-4-5-13(18)14(19)8-12/h3-9H,1-2H3,(H,21,24). The van der Waals surface area contributed by atoms with E-state index in [-0.39, 0.29) is 11.5 Å². The molecule has 122 valence electrons. The maximum atomic E-state index is 13.3. The summed E-state index contributed by atoms with van der Waals surface area (Å²) in [6.07, 6.45) is 1.27. The largest absolute Gasteiger partial charge is 0.319 e. The summed E-state index contributed by atoms with van der Waals surface area (Å²) in [5, 5.41) is 6.73. The minimum Gasteiger partial charge on any atom is -0.319 e. The number of nitrogens with one attached hydrogen (secondary N) is 1. The molecule has 0 atom stereocenters. The van der Waals surface area contributed by atoms with Crippen LogP contribution < -0.4 is 5.32 Å². The number of nitrogens with zero attached hydrogens (tertiary/aromatic N) is 3.